The lowest BCUT2D eigenvalue weighted by atomic mass is 9.93. The van der Waals surface area contributed by atoms with Crippen molar-refractivity contribution < 1.29 is 9.05 Å². The van der Waals surface area contributed by atoms with Crippen LogP contribution in [0.4, 0.5) is 0 Å². The molecule has 0 aliphatic rings. The molecule has 0 aliphatic heterocycles. The Bertz CT molecular complexity index is 285. The fourth-order valence-corrected chi connectivity index (χ4v) is 4.66. The Hall–Kier alpha value is 1.51. The van der Waals surface area contributed by atoms with Crippen molar-refractivity contribution in [2.75, 3.05) is 23.5 Å². The Labute approximate surface area is 189 Å². The molecule has 0 saturated heterocycles. The monoisotopic (exact) mass is 482 g/mol. The van der Waals surface area contributed by atoms with Gasteiger partial charge in [0.1, 0.15) is 0 Å². The molecule has 0 saturated carbocycles. The summed E-state index contributed by atoms with van der Waals surface area (Å²) in [5.41, 5.74) is -0.326. The first-order valence-electron chi connectivity index (χ1n) is 10.3. The topological polar surface area (TPSA) is 18.5 Å². The standard InChI is InChI=1S/C20H39Cl4O2P/c1-19(11-3-7-15-21,12-4-8-16-22)25-27-26-20(2,13-5-9-17-23)14-6-10-18-24/h27H,3-18H2,1-2H3. The molecule has 0 fully saturated rings. The highest BCUT2D eigenvalue weighted by Crippen LogP contribution is 2.39. The van der Waals surface area contributed by atoms with E-state index in [2.05, 4.69) is 13.8 Å². The van der Waals surface area contributed by atoms with Gasteiger partial charge in [0.25, 0.3) is 0 Å². The molecule has 0 aromatic heterocycles. The number of rotatable bonds is 20. The van der Waals surface area contributed by atoms with Gasteiger partial charge in [-0.3, -0.25) is 0 Å². The predicted octanol–water partition coefficient (Wildman–Crippen LogP) is 8.68. The summed E-state index contributed by atoms with van der Waals surface area (Å²) in [6.45, 7) is 4.40. The minimum atomic E-state index is -0.163. The first-order valence-corrected chi connectivity index (χ1v) is 13.3. The largest absolute Gasteiger partial charge is 0.330 e. The Morgan fingerprint density at radius 3 is 1.00 bits per heavy atom. The summed E-state index contributed by atoms with van der Waals surface area (Å²) in [7, 11) is 0.0507. The molecule has 0 N–H and O–H groups in total. The minimum Gasteiger partial charge on any atom is -0.330 e. The van der Waals surface area contributed by atoms with E-state index in [0.29, 0.717) is 23.5 Å². The number of hydrogen-bond donors (Lipinski definition) is 0. The van der Waals surface area contributed by atoms with Gasteiger partial charge < -0.3 is 9.05 Å². The van der Waals surface area contributed by atoms with E-state index in [9.17, 15) is 0 Å². The second-order valence-corrected chi connectivity index (χ2v) is 9.86. The van der Waals surface area contributed by atoms with Gasteiger partial charge in [0.2, 0.25) is 0 Å². The third-order valence-corrected chi connectivity index (χ3v) is 7.15. The summed E-state index contributed by atoms with van der Waals surface area (Å²) in [6, 6.07) is 0. The summed E-state index contributed by atoms with van der Waals surface area (Å²) in [4.78, 5) is 0. The molecule has 2 nitrogen and oxygen atoms in total. The van der Waals surface area contributed by atoms with Crippen LogP contribution in [-0.4, -0.2) is 34.7 Å². The van der Waals surface area contributed by atoms with E-state index in [4.69, 9.17) is 55.5 Å². The van der Waals surface area contributed by atoms with Gasteiger partial charge in [-0.2, -0.15) is 0 Å². The van der Waals surface area contributed by atoms with E-state index >= 15 is 0 Å². The molecular formula is C20H39Cl4O2P. The molecular weight excluding hydrogens is 445 g/mol. The zero-order valence-electron chi connectivity index (χ0n) is 17.1. The van der Waals surface area contributed by atoms with Gasteiger partial charge in [-0.15, -0.1) is 46.4 Å². The van der Waals surface area contributed by atoms with Gasteiger partial charge in [-0.25, -0.2) is 0 Å². The van der Waals surface area contributed by atoms with Crippen LogP contribution < -0.4 is 0 Å². The predicted molar refractivity (Wildman–Crippen MR) is 126 cm³/mol. The number of halogens is 4. The number of hydrogen-bond acceptors (Lipinski definition) is 2. The minimum absolute atomic E-state index is 0.0507. The second-order valence-electron chi connectivity index (χ2n) is 7.77. The molecule has 0 atom stereocenters. The Balaban J connectivity index is 4.60. The van der Waals surface area contributed by atoms with Crippen molar-refractivity contribution in [2.24, 2.45) is 0 Å². The first-order chi connectivity index (χ1) is 12.9. The van der Waals surface area contributed by atoms with Gasteiger partial charge in [0, 0.05) is 23.5 Å². The van der Waals surface area contributed by atoms with Crippen molar-refractivity contribution >= 4 is 55.4 Å². The van der Waals surface area contributed by atoms with Gasteiger partial charge in [-0.05, 0) is 90.9 Å². The van der Waals surface area contributed by atoms with Crippen LogP contribution in [0.3, 0.4) is 0 Å². The van der Waals surface area contributed by atoms with Crippen LogP contribution in [-0.2, 0) is 9.05 Å². The molecule has 0 heterocycles. The van der Waals surface area contributed by atoms with Crippen molar-refractivity contribution in [2.45, 2.75) is 102 Å². The third kappa shape index (κ3) is 15.9. The summed E-state index contributed by atoms with van der Waals surface area (Å²) < 4.78 is 12.6. The molecule has 0 rings (SSSR count). The first kappa shape index (κ1) is 28.5. The van der Waals surface area contributed by atoms with Crippen LogP contribution in [0.1, 0.15) is 90.9 Å². The summed E-state index contributed by atoms with van der Waals surface area (Å²) >= 11 is 23.4. The Morgan fingerprint density at radius 2 is 0.778 bits per heavy atom. The molecule has 0 aromatic carbocycles. The Morgan fingerprint density at radius 1 is 0.519 bits per heavy atom. The van der Waals surface area contributed by atoms with Crippen molar-refractivity contribution in [1.82, 2.24) is 0 Å². The fourth-order valence-electron chi connectivity index (χ4n) is 3.05. The lowest BCUT2D eigenvalue weighted by Crippen LogP contribution is -2.29. The maximum absolute atomic E-state index is 6.30. The van der Waals surface area contributed by atoms with Crippen LogP contribution in [0.25, 0.3) is 0 Å². The molecule has 164 valence electrons. The molecule has 0 radical (unpaired) electrons. The molecule has 7 heteroatoms. The quantitative estimate of drug-likeness (QED) is 0.0978. The normalized spacial score (nSPS) is 12.7. The van der Waals surface area contributed by atoms with E-state index in [1.807, 2.05) is 0 Å². The van der Waals surface area contributed by atoms with Crippen molar-refractivity contribution in [3.8, 4) is 0 Å². The molecule has 0 unspecified atom stereocenters. The molecule has 0 bridgehead atoms. The van der Waals surface area contributed by atoms with Gasteiger partial charge in [0.15, 0.2) is 9.03 Å². The molecule has 0 aromatic rings. The van der Waals surface area contributed by atoms with Crippen LogP contribution in [0.5, 0.6) is 0 Å². The average Bonchev–Trinajstić information content (AvgIpc) is 2.63. The molecule has 0 amide bonds. The lowest BCUT2D eigenvalue weighted by molar-refractivity contribution is 0.0246. The highest BCUT2D eigenvalue weighted by Gasteiger charge is 2.28. The summed E-state index contributed by atoms with van der Waals surface area (Å²) in [5, 5.41) is 0. The lowest BCUT2D eigenvalue weighted by Gasteiger charge is -2.34. The van der Waals surface area contributed by atoms with E-state index in [1.54, 1.807) is 0 Å². The van der Waals surface area contributed by atoms with Gasteiger partial charge in [-0.1, -0.05) is 0 Å². The van der Waals surface area contributed by atoms with E-state index < -0.39 is 0 Å². The van der Waals surface area contributed by atoms with Gasteiger partial charge in [0.05, 0.1) is 11.2 Å². The van der Waals surface area contributed by atoms with Crippen LogP contribution in [0.15, 0.2) is 0 Å². The highest BCUT2D eigenvalue weighted by atomic mass is 35.5. The smallest absolute Gasteiger partial charge is 0.156 e. The Kier molecular flexibility index (Phi) is 19.3. The molecule has 0 spiro atoms. The summed E-state index contributed by atoms with van der Waals surface area (Å²) in [5.74, 6) is 2.82. The van der Waals surface area contributed by atoms with Crippen molar-refractivity contribution in [3.63, 3.8) is 0 Å². The van der Waals surface area contributed by atoms with E-state index in [1.165, 1.54) is 0 Å². The van der Waals surface area contributed by atoms with Crippen molar-refractivity contribution in [1.29, 1.82) is 0 Å². The molecule has 27 heavy (non-hydrogen) atoms. The second kappa shape index (κ2) is 18.3. The maximum atomic E-state index is 6.30. The van der Waals surface area contributed by atoms with Crippen LogP contribution in [0, 0.1) is 0 Å². The van der Waals surface area contributed by atoms with E-state index in [0.717, 1.165) is 77.0 Å². The average molecular weight is 484 g/mol. The highest BCUT2D eigenvalue weighted by molar-refractivity contribution is 7.26. The third-order valence-electron chi connectivity index (χ3n) is 4.93. The fraction of sp³-hybridized carbons (Fsp3) is 1.00. The van der Waals surface area contributed by atoms with Crippen LogP contribution in [0.2, 0.25) is 0 Å². The van der Waals surface area contributed by atoms with Crippen molar-refractivity contribution in [3.05, 3.63) is 0 Å². The summed E-state index contributed by atoms with van der Waals surface area (Å²) in [6.07, 6.45) is 12.4. The number of unbranched alkanes of at least 4 members (excludes halogenated alkanes) is 4. The maximum Gasteiger partial charge on any atom is 0.156 e. The van der Waals surface area contributed by atoms with E-state index in [-0.39, 0.29) is 20.2 Å². The zero-order chi connectivity index (χ0) is 20.4. The molecule has 0 aliphatic carbocycles. The zero-order valence-corrected chi connectivity index (χ0v) is 21.2. The van der Waals surface area contributed by atoms with Crippen LogP contribution >= 0.6 is 55.4 Å². The SMILES string of the molecule is CC(CCCCCl)(CCCCCl)OPOC(C)(CCCCCl)CCCCCl. The number of alkyl halides is 4. The van der Waals surface area contributed by atoms with Gasteiger partial charge >= 0.3 is 0 Å².